The number of allylic oxidation sites excluding steroid dienone is 23. The van der Waals surface area contributed by atoms with Crippen LogP contribution in [0.5, 0.6) is 0 Å². The molecule has 1 aliphatic carbocycles. The molecule has 0 heterocycles. The van der Waals surface area contributed by atoms with Gasteiger partial charge in [-0.15, -0.1) is 0 Å². The summed E-state index contributed by atoms with van der Waals surface area (Å²) < 4.78 is 0. The molecule has 0 saturated carbocycles. The summed E-state index contributed by atoms with van der Waals surface area (Å²) in [5.41, 5.74) is 10.3. The molecule has 1 rings (SSSR count). The molecule has 0 unspecified atom stereocenters. The van der Waals surface area contributed by atoms with Crippen molar-refractivity contribution in [2.24, 2.45) is 5.41 Å². The molecule has 0 aromatic rings. The van der Waals surface area contributed by atoms with E-state index in [4.69, 9.17) is 0 Å². The van der Waals surface area contributed by atoms with Gasteiger partial charge in [-0.05, 0) is 92.1 Å². The lowest BCUT2D eigenvalue weighted by Gasteiger charge is -2.35. The maximum Gasteiger partial charge on any atom is 0.0585 e. The second-order valence-corrected chi connectivity index (χ2v) is 12.4. The molecule has 0 bridgehead atoms. The van der Waals surface area contributed by atoms with Crippen molar-refractivity contribution in [3.63, 3.8) is 0 Å². The lowest BCUT2D eigenvalue weighted by Crippen LogP contribution is -2.28. The van der Waals surface area contributed by atoms with Gasteiger partial charge in [0.1, 0.15) is 0 Å². The first kappa shape index (κ1) is 35.9. The van der Waals surface area contributed by atoms with Gasteiger partial charge < -0.3 is 5.11 Å². The van der Waals surface area contributed by atoms with Gasteiger partial charge in [0.15, 0.2) is 0 Å². The summed E-state index contributed by atoms with van der Waals surface area (Å²) in [4.78, 5) is 0. The molecular formula is C40H56O. The van der Waals surface area contributed by atoms with Crippen molar-refractivity contribution in [1.82, 2.24) is 0 Å². The van der Waals surface area contributed by atoms with E-state index in [1.807, 2.05) is 0 Å². The summed E-state index contributed by atoms with van der Waals surface area (Å²) in [6.07, 6.45) is 38.0. The minimum absolute atomic E-state index is 0.0115. The van der Waals surface area contributed by atoms with Gasteiger partial charge in [-0.25, -0.2) is 0 Å². The van der Waals surface area contributed by atoms with Gasteiger partial charge in [-0.2, -0.15) is 0 Å². The molecule has 0 aliphatic heterocycles. The van der Waals surface area contributed by atoms with E-state index in [9.17, 15) is 5.11 Å². The molecule has 0 radical (unpaired) electrons. The molecule has 222 valence electrons. The van der Waals surface area contributed by atoms with E-state index in [1.165, 1.54) is 44.6 Å². The third kappa shape index (κ3) is 16.6. The van der Waals surface area contributed by atoms with Crippen LogP contribution in [0.15, 0.2) is 142 Å². The highest BCUT2D eigenvalue weighted by molar-refractivity contribution is 5.38. The van der Waals surface area contributed by atoms with Crippen LogP contribution in [-0.2, 0) is 0 Å². The third-order valence-electron chi connectivity index (χ3n) is 7.09. The van der Waals surface area contributed by atoms with E-state index < -0.39 is 0 Å². The van der Waals surface area contributed by atoms with Crippen LogP contribution in [0.4, 0.5) is 0 Å². The minimum atomic E-state index is -0.222. The number of rotatable bonds is 13. The fraction of sp³-hybridized carbons (Fsp3) is 0.400. The van der Waals surface area contributed by atoms with Crippen LogP contribution in [0.25, 0.3) is 0 Å². The van der Waals surface area contributed by atoms with Crippen molar-refractivity contribution in [3.8, 4) is 0 Å². The van der Waals surface area contributed by atoms with Crippen molar-refractivity contribution >= 4 is 0 Å². The molecule has 1 atom stereocenters. The Labute approximate surface area is 252 Å². The van der Waals surface area contributed by atoms with Gasteiger partial charge >= 0.3 is 0 Å². The number of aliphatic hydroxyl groups is 1. The normalized spacial score (nSPS) is 20.2. The van der Waals surface area contributed by atoms with Crippen molar-refractivity contribution in [3.05, 3.63) is 142 Å². The molecule has 1 nitrogen and oxygen atoms in total. The van der Waals surface area contributed by atoms with Crippen LogP contribution in [-0.4, -0.2) is 11.2 Å². The standard InChI is InChI=1S/C40H56O/c1-31(2)17-13-20-34(5)23-15-25-35(6)24-14-21-32(3)18-11-12-19-33(4)22-16-26-36(7)27-28-39-37(8)29-38(41)30-40(39,9)10/h11-12,14-19,21-28,38,41H,13,20,29-30H2,1-10H3/b12-11+,21-14+,22-16+,25-15+,28-27+,32-18+,33-19-,34-23-,35-24+,36-26+/t38-/m1/s1. The highest BCUT2D eigenvalue weighted by Crippen LogP contribution is 2.41. The molecule has 0 spiro atoms. The van der Waals surface area contributed by atoms with Crippen molar-refractivity contribution < 1.29 is 5.11 Å². The Balaban J connectivity index is 2.60. The van der Waals surface area contributed by atoms with E-state index >= 15 is 0 Å². The Kier molecular flexibility index (Phi) is 16.7. The molecule has 1 aliphatic rings. The molecule has 0 fully saturated rings. The molecule has 1 heteroatoms. The maximum absolute atomic E-state index is 10.1. The number of aliphatic hydroxyl groups excluding tert-OH is 1. The second-order valence-electron chi connectivity index (χ2n) is 12.4. The predicted octanol–water partition coefficient (Wildman–Crippen LogP) is 11.7. The van der Waals surface area contributed by atoms with Gasteiger partial charge in [0.05, 0.1) is 6.10 Å². The first-order valence-electron chi connectivity index (χ1n) is 15.1. The van der Waals surface area contributed by atoms with E-state index in [2.05, 4.69) is 166 Å². The summed E-state index contributed by atoms with van der Waals surface area (Å²) in [6.45, 7) is 21.6. The lowest BCUT2D eigenvalue weighted by atomic mass is 9.71. The van der Waals surface area contributed by atoms with Crippen LogP contribution in [0.1, 0.15) is 94.9 Å². The fourth-order valence-electron chi connectivity index (χ4n) is 4.77. The van der Waals surface area contributed by atoms with E-state index in [-0.39, 0.29) is 11.5 Å². The zero-order valence-corrected chi connectivity index (χ0v) is 27.6. The summed E-state index contributed by atoms with van der Waals surface area (Å²) in [5.74, 6) is 0. The largest absolute Gasteiger partial charge is 0.393 e. The Morgan fingerprint density at radius 3 is 1.66 bits per heavy atom. The number of hydrogen-bond acceptors (Lipinski definition) is 1. The van der Waals surface area contributed by atoms with Gasteiger partial charge in [-0.1, -0.05) is 150 Å². The van der Waals surface area contributed by atoms with E-state index in [0.29, 0.717) is 0 Å². The van der Waals surface area contributed by atoms with Crippen LogP contribution in [0.3, 0.4) is 0 Å². The zero-order chi connectivity index (χ0) is 30.8. The highest BCUT2D eigenvalue weighted by atomic mass is 16.3. The summed E-state index contributed by atoms with van der Waals surface area (Å²) in [6, 6.07) is 0. The monoisotopic (exact) mass is 552 g/mol. The Hall–Kier alpha value is -3.16. The third-order valence-corrected chi connectivity index (χ3v) is 7.09. The fourth-order valence-corrected chi connectivity index (χ4v) is 4.77. The Morgan fingerprint density at radius 1 is 0.707 bits per heavy atom. The van der Waals surface area contributed by atoms with Crippen molar-refractivity contribution in [2.45, 2.75) is 101 Å². The minimum Gasteiger partial charge on any atom is -0.393 e. The molecule has 0 amide bonds. The van der Waals surface area contributed by atoms with Gasteiger partial charge in [0.2, 0.25) is 0 Å². The maximum atomic E-state index is 10.1. The van der Waals surface area contributed by atoms with Crippen LogP contribution in [0, 0.1) is 5.41 Å². The average Bonchev–Trinajstić information content (AvgIpc) is 2.85. The smallest absolute Gasteiger partial charge is 0.0585 e. The van der Waals surface area contributed by atoms with Gasteiger partial charge in [0, 0.05) is 0 Å². The quantitative estimate of drug-likeness (QED) is 0.178. The predicted molar refractivity (Wildman–Crippen MR) is 185 cm³/mol. The Bertz CT molecular complexity index is 1220. The van der Waals surface area contributed by atoms with Crippen LogP contribution in [0.2, 0.25) is 0 Å². The molecular weight excluding hydrogens is 496 g/mol. The molecule has 0 saturated heterocycles. The van der Waals surface area contributed by atoms with Crippen molar-refractivity contribution in [2.75, 3.05) is 0 Å². The first-order valence-corrected chi connectivity index (χ1v) is 15.1. The topological polar surface area (TPSA) is 20.2 Å². The molecule has 41 heavy (non-hydrogen) atoms. The molecule has 0 aromatic carbocycles. The summed E-state index contributed by atoms with van der Waals surface area (Å²) >= 11 is 0. The number of hydrogen-bond donors (Lipinski definition) is 1. The first-order chi connectivity index (χ1) is 19.3. The van der Waals surface area contributed by atoms with E-state index in [1.54, 1.807) is 0 Å². The van der Waals surface area contributed by atoms with Gasteiger partial charge in [-0.3, -0.25) is 0 Å². The highest BCUT2D eigenvalue weighted by Gasteiger charge is 2.31. The summed E-state index contributed by atoms with van der Waals surface area (Å²) in [5, 5.41) is 10.1. The van der Waals surface area contributed by atoms with Crippen LogP contribution < -0.4 is 0 Å². The van der Waals surface area contributed by atoms with Crippen LogP contribution >= 0.6 is 0 Å². The molecule has 1 N–H and O–H groups in total. The van der Waals surface area contributed by atoms with Gasteiger partial charge in [0.25, 0.3) is 0 Å². The average molecular weight is 553 g/mol. The Morgan fingerprint density at radius 2 is 1.17 bits per heavy atom. The van der Waals surface area contributed by atoms with Crippen molar-refractivity contribution in [1.29, 1.82) is 0 Å². The summed E-state index contributed by atoms with van der Waals surface area (Å²) in [7, 11) is 0. The molecule has 0 aromatic heterocycles. The van der Waals surface area contributed by atoms with E-state index in [0.717, 1.165) is 25.7 Å². The second kappa shape index (κ2) is 19.1. The SMILES string of the molecule is CC(C)=CCC\C(C)=C/C=C/C(C)=C/C=C/C(C)=C/C=C/C=C(C)\C=C\C=C(C)\C=C\C1=C(C)C[C@@H](O)CC1(C)C. The zero-order valence-electron chi connectivity index (χ0n) is 27.6. The lowest BCUT2D eigenvalue weighted by molar-refractivity contribution is 0.116.